The number of aromatic nitrogens is 1. The van der Waals surface area contributed by atoms with Gasteiger partial charge in [0.15, 0.2) is 16.6 Å². The number of carboxylic acid groups (broad SMARTS) is 1. The average Bonchev–Trinajstić information content (AvgIpc) is 2.63. The standard InChI is InChI=1S/C11H16N2O3S/c1-5-13(6(2)3)11-12-8(10(15)16)9(17-11)7(4)14/h6H,5H2,1-4H3,(H,15,16). The van der Waals surface area contributed by atoms with Crippen LogP contribution in [0, 0.1) is 0 Å². The average molecular weight is 256 g/mol. The van der Waals surface area contributed by atoms with Gasteiger partial charge in [0.2, 0.25) is 0 Å². The van der Waals surface area contributed by atoms with Crippen LogP contribution in [0.5, 0.6) is 0 Å². The van der Waals surface area contributed by atoms with Gasteiger partial charge >= 0.3 is 5.97 Å². The van der Waals surface area contributed by atoms with E-state index in [4.69, 9.17) is 5.11 Å². The molecule has 1 N–H and O–H groups in total. The van der Waals surface area contributed by atoms with Crippen LogP contribution in [-0.2, 0) is 0 Å². The predicted octanol–water partition coefficient (Wildman–Crippen LogP) is 2.28. The number of ketones is 1. The molecule has 0 radical (unpaired) electrons. The lowest BCUT2D eigenvalue weighted by Gasteiger charge is -2.23. The number of thiazole rings is 1. The summed E-state index contributed by atoms with van der Waals surface area (Å²) < 4.78 is 0. The van der Waals surface area contributed by atoms with Gasteiger partial charge in [-0.1, -0.05) is 11.3 Å². The third kappa shape index (κ3) is 2.82. The van der Waals surface area contributed by atoms with E-state index in [0.29, 0.717) is 5.13 Å². The van der Waals surface area contributed by atoms with Crippen LogP contribution in [0.4, 0.5) is 5.13 Å². The molecule has 6 heteroatoms. The SMILES string of the molecule is CCN(c1nc(C(=O)O)c(C(C)=O)s1)C(C)C. The molecule has 0 bridgehead atoms. The number of carbonyl (C=O) groups excluding carboxylic acids is 1. The molecule has 0 spiro atoms. The Hall–Kier alpha value is -1.43. The Labute approximate surface area is 104 Å². The molecule has 0 unspecified atom stereocenters. The molecular formula is C11H16N2O3S. The molecule has 17 heavy (non-hydrogen) atoms. The minimum Gasteiger partial charge on any atom is -0.476 e. The van der Waals surface area contributed by atoms with E-state index in [1.807, 2.05) is 25.7 Å². The summed E-state index contributed by atoms with van der Waals surface area (Å²) in [4.78, 5) is 28.6. The summed E-state index contributed by atoms with van der Waals surface area (Å²) >= 11 is 1.14. The summed E-state index contributed by atoms with van der Waals surface area (Å²) in [6.07, 6.45) is 0. The molecule has 0 aromatic carbocycles. The van der Waals surface area contributed by atoms with Gasteiger partial charge in [-0.3, -0.25) is 4.79 Å². The molecule has 0 atom stereocenters. The van der Waals surface area contributed by atoms with Crippen molar-refractivity contribution in [3.8, 4) is 0 Å². The van der Waals surface area contributed by atoms with Crippen LogP contribution in [0.15, 0.2) is 0 Å². The monoisotopic (exact) mass is 256 g/mol. The van der Waals surface area contributed by atoms with Gasteiger partial charge in [0.25, 0.3) is 0 Å². The van der Waals surface area contributed by atoms with Crippen molar-refractivity contribution in [3.05, 3.63) is 10.6 Å². The van der Waals surface area contributed by atoms with Gasteiger partial charge in [-0.05, 0) is 20.8 Å². The Balaban J connectivity index is 3.24. The van der Waals surface area contributed by atoms with Crippen molar-refractivity contribution in [1.82, 2.24) is 4.98 Å². The first-order valence-corrected chi connectivity index (χ1v) is 6.21. The summed E-state index contributed by atoms with van der Waals surface area (Å²) in [5.41, 5.74) is -0.142. The number of carbonyl (C=O) groups is 2. The molecule has 1 heterocycles. The summed E-state index contributed by atoms with van der Waals surface area (Å²) in [5, 5.41) is 9.58. The smallest absolute Gasteiger partial charge is 0.356 e. The van der Waals surface area contributed by atoms with Gasteiger partial charge in [0.1, 0.15) is 4.88 Å². The molecule has 5 nitrogen and oxygen atoms in total. The molecule has 0 saturated carbocycles. The second-order valence-electron chi connectivity index (χ2n) is 3.92. The van der Waals surface area contributed by atoms with Crippen molar-refractivity contribution in [3.63, 3.8) is 0 Å². The highest BCUT2D eigenvalue weighted by Gasteiger charge is 2.23. The van der Waals surface area contributed by atoms with E-state index in [1.165, 1.54) is 6.92 Å². The zero-order chi connectivity index (χ0) is 13.2. The number of anilines is 1. The van der Waals surface area contributed by atoms with Crippen molar-refractivity contribution in [1.29, 1.82) is 0 Å². The van der Waals surface area contributed by atoms with E-state index < -0.39 is 5.97 Å². The topological polar surface area (TPSA) is 70.5 Å². The quantitative estimate of drug-likeness (QED) is 0.818. The highest BCUT2D eigenvalue weighted by molar-refractivity contribution is 7.17. The fourth-order valence-corrected chi connectivity index (χ4v) is 2.69. The lowest BCUT2D eigenvalue weighted by Crippen LogP contribution is -2.30. The van der Waals surface area contributed by atoms with E-state index in [9.17, 15) is 9.59 Å². The number of Topliss-reactive ketones (excluding diaryl/α,β-unsaturated/α-hetero) is 1. The van der Waals surface area contributed by atoms with Gasteiger partial charge in [0, 0.05) is 19.5 Å². The van der Waals surface area contributed by atoms with Crippen LogP contribution in [0.1, 0.15) is 47.9 Å². The number of rotatable bonds is 5. The largest absolute Gasteiger partial charge is 0.476 e. The maximum atomic E-state index is 11.4. The van der Waals surface area contributed by atoms with Crippen LogP contribution < -0.4 is 4.90 Å². The molecule has 0 amide bonds. The van der Waals surface area contributed by atoms with E-state index >= 15 is 0 Å². The number of hydrogen-bond acceptors (Lipinski definition) is 5. The molecule has 0 saturated heterocycles. The Bertz CT molecular complexity index is 408. The van der Waals surface area contributed by atoms with Crippen LogP contribution >= 0.6 is 11.3 Å². The van der Waals surface area contributed by atoms with Crippen molar-refractivity contribution in [2.24, 2.45) is 0 Å². The van der Waals surface area contributed by atoms with Crippen LogP contribution in [0.3, 0.4) is 0 Å². The highest BCUT2D eigenvalue weighted by atomic mass is 32.1. The van der Waals surface area contributed by atoms with Gasteiger partial charge in [0.05, 0.1) is 0 Å². The fourth-order valence-electron chi connectivity index (χ4n) is 1.54. The van der Waals surface area contributed by atoms with Crippen LogP contribution in [0.2, 0.25) is 0 Å². The summed E-state index contributed by atoms with van der Waals surface area (Å²) in [7, 11) is 0. The first-order chi connectivity index (χ1) is 7.88. The Morgan fingerprint density at radius 2 is 2.06 bits per heavy atom. The minimum absolute atomic E-state index is 0.142. The zero-order valence-electron chi connectivity index (χ0n) is 10.4. The van der Waals surface area contributed by atoms with Gasteiger partial charge in [-0.25, -0.2) is 9.78 Å². The number of nitrogens with zero attached hydrogens (tertiary/aromatic N) is 2. The van der Waals surface area contributed by atoms with Gasteiger partial charge in [-0.2, -0.15) is 0 Å². The van der Waals surface area contributed by atoms with Crippen LogP contribution in [0.25, 0.3) is 0 Å². The Morgan fingerprint density at radius 1 is 1.47 bits per heavy atom. The molecule has 1 aromatic heterocycles. The molecular weight excluding hydrogens is 240 g/mol. The molecule has 0 aliphatic heterocycles. The van der Waals surface area contributed by atoms with E-state index in [1.54, 1.807) is 0 Å². The van der Waals surface area contributed by atoms with E-state index in [0.717, 1.165) is 17.9 Å². The molecule has 0 aliphatic carbocycles. The van der Waals surface area contributed by atoms with Crippen LogP contribution in [-0.4, -0.2) is 34.4 Å². The maximum absolute atomic E-state index is 11.4. The number of hydrogen-bond donors (Lipinski definition) is 1. The normalized spacial score (nSPS) is 10.6. The van der Waals surface area contributed by atoms with Crippen molar-refractivity contribution in [2.75, 3.05) is 11.4 Å². The molecule has 1 rings (SSSR count). The van der Waals surface area contributed by atoms with Crippen molar-refractivity contribution >= 4 is 28.2 Å². The highest BCUT2D eigenvalue weighted by Crippen LogP contribution is 2.28. The molecule has 0 fully saturated rings. The van der Waals surface area contributed by atoms with E-state index in [-0.39, 0.29) is 22.4 Å². The summed E-state index contributed by atoms with van der Waals surface area (Å²) in [6, 6.07) is 0.215. The second-order valence-corrected chi connectivity index (χ2v) is 4.89. The van der Waals surface area contributed by atoms with E-state index in [2.05, 4.69) is 4.98 Å². The number of aromatic carboxylic acids is 1. The first-order valence-electron chi connectivity index (χ1n) is 5.40. The zero-order valence-corrected chi connectivity index (χ0v) is 11.2. The summed E-state index contributed by atoms with van der Waals surface area (Å²) in [5.74, 6) is -1.41. The van der Waals surface area contributed by atoms with Crippen molar-refractivity contribution < 1.29 is 14.7 Å². The van der Waals surface area contributed by atoms with Gasteiger partial charge < -0.3 is 10.0 Å². The minimum atomic E-state index is -1.16. The molecule has 1 aromatic rings. The Morgan fingerprint density at radius 3 is 2.35 bits per heavy atom. The molecule has 0 aliphatic rings. The predicted molar refractivity (Wildman–Crippen MR) is 67.2 cm³/mol. The lowest BCUT2D eigenvalue weighted by atomic mass is 10.3. The summed E-state index contributed by atoms with van der Waals surface area (Å²) in [6.45, 7) is 8.05. The third-order valence-corrected chi connectivity index (χ3v) is 3.54. The fraction of sp³-hybridized carbons (Fsp3) is 0.545. The lowest BCUT2D eigenvalue weighted by molar-refractivity contribution is 0.0687. The third-order valence-electron chi connectivity index (χ3n) is 2.35. The van der Waals surface area contributed by atoms with Gasteiger partial charge in [-0.15, -0.1) is 0 Å². The maximum Gasteiger partial charge on any atom is 0.356 e. The molecule has 94 valence electrons. The number of carboxylic acids is 1. The second kappa shape index (κ2) is 5.27. The Kier molecular flexibility index (Phi) is 4.22. The first kappa shape index (κ1) is 13.6. The van der Waals surface area contributed by atoms with Crippen molar-refractivity contribution in [2.45, 2.75) is 33.7 Å².